The zero-order chi connectivity index (χ0) is 24.0. The van der Waals surface area contributed by atoms with Crippen LogP contribution in [0.2, 0.25) is 5.02 Å². The lowest BCUT2D eigenvalue weighted by Gasteiger charge is -2.30. The molecule has 2 amide bonds. The highest BCUT2D eigenvalue weighted by atomic mass is 35.5. The summed E-state index contributed by atoms with van der Waals surface area (Å²) >= 11 is 5.94. The molecule has 0 saturated carbocycles. The molecular formula is C23H28ClN3O5S. The van der Waals surface area contributed by atoms with E-state index in [0.717, 1.165) is 23.4 Å². The first-order chi connectivity index (χ1) is 15.7. The SMILES string of the molecule is CC[C@H](C(=O)Nc1ccccc1C(=O)NC[C@@H]1CCCO1)N(c1ccc(Cl)cc1)S(C)(=O)=O. The summed E-state index contributed by atoms with van der Waals surface area (Å²) in [5.74, 6) is -0.885. The van der Waals surface area contributed by atoms with Crippen LogP contribution in [0, 0.1) is 0 Å². The van der Waals surface area contributed by atoms with Crippen molar-refractivity contribution in [3.63, 3.8) is 0 Å². The summed E-state index contributed by atoms with van der Waals surface area (Å²) in [5, 5.41) is 6.03. The number of amides is 2. The molecule has 0 radical (unpaired) electrons. The smallest absolute Gasteiger partial charge is 0.253 e. The molecule has 0 aromatic heterocycles. The Morgan fingerprint density at radius 2 is 1.88 bits per heavy atom. The Labute approximate surface area is 199 Å². The maximum absolute atomic E-state index is 13.2. The number of hydrogen-bond donors (Lipinski definition) is 2. The minimum Gasteiger partial charge on any atom is -0.376 e. The maximum Gasteiger partial charge on any atom is 0.253 e. The molecule has 0 bridgehead atoms. The van der Waals surface area contributed by atoms with E-state index < -0.39 is 22.0 Å². The quantitative estimate of drug-likeness (QED) is 0.556. The maximum atomic E-state index is 13.2. The van der Waals surface area contributed by atoms with Gasteiger partial charge >= 0.3 is 0 Å². The molecule has 2 aromatic carbocycles. The Morgan fingerprint density at radius 3 is 2.48 bits per heavy atom. The molecule has 1 heterocycles. The molecule has 1 saturated heterocycles. The number of sulfonamides is 1. The fraction of sp³-hybridized carbons (Fsp3) is 0.391. The van der Waals surface area contributed by atoms with Gasteiger partial charge in [-0.15, -0.1) is 0 Å². The van der Waals surface area contributed by atoms with Gasteiger partial charge in [0.05, 0.1) is 29.3 Å². The number of carbonyl (C=O) groups excluding carboxylic acids is 2. The van der Waals surface area contributed by atoms with Crippen molar-refractivity contribution in [2.24, 2.45) is 0 Å². The van der Waals surface area contributed by atoms with Crippen molar-refractivity contribution in [2.45, 2.75) is 38.3 Å². The Kier molecular flexibility index (Phi) is 8.34. The Bertz CT molecular complexity index is 1090. The topological polar surface area (TPSA) is 105 Å². The summed E-state index contributed by atoms with van der Waals surface area (Å²) in [7, 11) is -3.79. The molecule has 0 aliphatic carbocycles. The van der Waals surface area contributed by atoms with Gasteiger partial charge in [0.2, 0.25) is 15.9 Å². The second-order valence-electron chi connectivity index (χ2n) is 7.84. The van der Waals surface area contributed by atoms with E-state index >= 15 is 0 Å². The lowest BCUT2D eigenvalue weighted by atomic mass is 10.1. The highest BCUT2D eigenvalue weighted by Gasteiger charge is 2.32. The molecule has 10 heteroatoms. The zero-order valence-corrected chi connectivity index (χ0v) is 20.2. The Balaban J connectivity index is 1.81. The van der Waals surface area contributed by atoms with E-state index in [1.807, 2.05) is 0 Å². The number of nitrogens with one attached hydrogen (secondary N) is 2. The number of halogens is 1. The van der Waals surface area contributed by atoms with Gasteiger partial charge in [0.15, 0.2) is 0 Å². The van der Waals surface area contributed by atoms with Gasteiger partial charge < -0.3 is 15.4 Å². The van der Waals surface area contributed by atoms with Crippen LogP contribution in [0.15, 0.2) is 48.5 Å². The van der Waals surface area contributed by atoms with Gasteiger partial charge in [-0.3, -0.25) is 13.9 Å². The molecule has 2 atom stereocenters. The molecule has 0 unspecified atom stereocenters. The van der Waals surface area contributed by atoms with Crippen LogP contribution in [0.3, 0.4) is 0 Å². The number of rotatable bonds is 9. The highest BCUT2D eigenvalue weighted by molar-refractivity contribution is 7.92. The van der Waals surface area contributed by atoms with E-state index in [9.17, 15) is 18.0 Å². The molecule has 1 aliphatic heterocycles. The van der Waals surface area contributed by atoms with Gasteiger partial charge in [-0.05, 0) is 55.7 Å². The monoisotopic (exact) mass is 493 g/mol. The number of para-hydroxylation sites is 1. The van der Waals surface area contributed by atoms with Gasteiger partial charge in [0, 0.05) is 18.2 Å². The van der Waals surface area contributed by atoms with Crippen molar-refractivity contribution in [2.75, 3.05) is 29.0 Å². The van der Waals surface area contributed by atoms with Crippen molar-refractivity contribution < 1.29 is 22.7 Å². The summed E-state index contributed by atoms with van der Waals surface area (Å²) in [6, 6.07) is 11.8. The number of hydrogen-bond acceptors (Lipinski definition) is 5. The van der Waals surface area contributed by atoms with Crippen LogP contribution in [-0.2, 0) is 19.6 Å². The third-order valence-corrected chi connectivity index (χ3v) is 6.79. The number of nitrogens with zero attached hydrogens (tertiary/aromatic N) is 1. The first-order valence-corrected chi connectivity index (χ1v) is 13.0. The van der Waals surface area contributed by atoms with Gasteiger partial charge in [0.25, 0.3) is 5.91 Å². The van der Waals surface area contributed by atoms with E-state index in [-0.39, 0.29) is 24.0 Å². The fourth-order valence-corrected chi connectivity index (χ4v) is 5.10. The van der Waals surface area contributed by atoms with Crippen LogP contribution >= 0.6 is 11.6 Å². The molecule has 2 N–H and O–H groups in total. The summed E-state index contributed by atoms with van der Waals surface area (Å²) < 4.78 is 31.8. The van der Waals surface area contributed by atoms with E-state index in [2.05, 4.69) is 10.6 Å². The molecule has 33 heavy (non-hydrogen) atoms. The standard InChI is InChI=1S/C23H28ClN3O5S/c1-3-21(27(33(2,30)31)17-12-10-16(24)11-13-17)23(29)26-20-9-5-4-8-19(20)22(28)25-15-18-7-6-14-32-18/h4-5,8-13,18,21H,3,6-7,14-15H2,1-2H3,(H,25,28)(H,26,29)/t18-,21+/m0/s1. The second kappa shape index (κ2) is 11.0. The first-order valence-electron chi connectivity index (χ1n) is 10.8. The number of anilines is 2. The summed E-state index contributed by atoms with van der Waals surface area (Å²) in [5.41, 5.74) is 0.915. The summed E-state index contributed by atoms with van der Waals surface area (Å²) in [6.45, 7) is 2.80. The average Bonchev–Trinajstić information content (AvgIpc) is 3.30. The number of ether oxygens (including phenoxy) is 1. The highest BCUT2D eigenvalue weighted by Crippen LogP contribution is 2.25. The van der Waals surface area contributed by atoms with Crippen molar-refractivity contribution in [3.8, 4) is 0 Å². The van der Waals surface area contributed by atoms with Crippen molar-refractivity contribution in [1.82, 2.24) is 5.32 Å². The Morgan fingerprint density at radius 1 is 1.18 bits per heavy atom. The van der Waals surface area contributed by atoms with Crippen LogP contribution < -0.4 is 14.9 Å². The van der Waals surface area contributed by atoms with Crippen LogP contribution in [0.1, 0.15) is 36.5 Å². The van der Waals surface area contributed by atoms with Gasteiger partial charge in [-0.25, -0.2) is 8.42 Å². The van der Waals surface area contributed by atoms with Gasteiger partial charge in [-0.2, -0.15) is 0 Å². The first kappa shape index (κ1) is 25.0. The lowest BCUT2D eigenvalue weighted by Crippen LogP contribution is -2.47. The predicted octanol–water partition coefficient (Wildman–Crippen LogP) is 3.43. The van der Waals surface area contributed by atoms with Crippen LogP contribution in [0.5, 0.6) is 0 Å². The lowest BCUT2D eigenvalue weighted by molar-refractivity contribution is -0.117. The molecular weight excluding hydrogens is 466 g/mol. The third kappa shape index (κ3) is 6.46. The summed E-state index contributed by atoms with van der Waals surface area (Å²) in [6.07, 6.45) is 3.11. The molecule has 3 rings (SSSR count). The zero-order valence-electron chi connectivity index (χ0n) is 18.6. The van der Waals surface area contributed by atoms with E-state index in [1.165, 1.54) is 0 Å². The van der Waals surface area contributed by atoms with Crippen molar-refractivity contribution >= 4 is 44.8 Å². The van der Waals surface area contributed by atoms with Crippen LogP contribution in [0.25, 0.3) is 0 Å². The minimum absolute atomic E-state index is 0.0112. The average molecular weight is 494 g/mol. The van der Waals surface area contributed by atoms with Crippen molar-refractivity contribution in [3.05, 3.63) is 59.1 Å². The molecule has 1 aliphatic rings. The number of benzene rings is 2. The second-order valence-corrected chi connectivity index (χ2v) is 10.1. The predicted molar refractivity (Wildman–Crippen MR) is 129 cm³/mol. The number of carbonyl (C=O) groups is 2. The van der Waals surface area contributed by atoms with Gasteiger partial charge in [-0.1, -0.05) is 30.7 Å². The fourth-order valence-electron chi connectivity index (χ4n) is 3.76. The minimum atomic E-state index is -3.79. The largest absolute Gasteiger partial charge is 0.376 e. The van der Waals surface area contributed by atoms with E-state index in [0.29, 0.717) is 29.5 Å². The van der Waals surface area contributed by atoms with E-state index in [1.54, 1.807) is 55.5 Å². The molecule has 178 valence electrons. The van der Waals surface area contributed by atoms with Crippen LogP contribution in [-0.4, -0.2) is 51.8 Å². The summed E-state index contributed by atoms with van der Waals surface area (Å²) in [4.78, 5) is 26.0. The van der Waals surface area contributed by atoms with E-state index in [4.69, 9.17) is 16.3 Å². The van der Waals surface area contributed by atoms with Crippen molar-refractivity contribution in [1.29, 1.82) is 0 Å². The van der Waals surface area contributed by atoms with Crippen LogP contribution in [0.4, 0.5) is 11.4 Å². The normalized spacial score (nSPS) is 16.8. The Hall–Kier alpha value is -2.62. The molecule has 1 fully saturated rings. The molecule has 2 aromatic rings. The third-order valence-electron chi connectivity index (χ3n) is 5.35. The molecule has 0 spiro atoms. The molecule has 8 nitrogen and oxygen atoms in total. The van der Waals surface area contributed by atoms with Gasteiger partial charge in [0.1, 0.15) is 6.04 Å².